The van der Waals surface area contributed by atoms with Gasteiger partial charge in [-0.15, -0.1) is 0 Å². The number of nitrogens with two attached hydrogens (primary N) is 1. The van der Waals surface area contributed by atoms with Crippen molar-refractivity contribution in [3.05, 3.63) is 0 Å². The van der Waals surface area contributed by atoms with Gasteiger partial charge in [-0.1, -0.05) is 20.8 Å². The first kappa shape index (κ1) is 16.4. The highest BCUT2D eigenvalue weighted by Gasteiger charge is 2.27. The Kier molecular flexibility index (Phi) is 7.39. The molecule has 3 N–H and O–H groups in total. The van der Waals surface area contributed by atoms with Crippen molar-refractivity contribution in [3.63, 3.8) is 0 Å². The molecule has 0 aliphatic rings. The second-order valence-corrected chi connectivity index (χ2v) is 4.99. The zero-order chi connectivity index (χ0) is 13.5. The number of carbonyl (C=O) groups is 1. The van der Waals surface area contributed by atoms with Gasteiger partial charge in [0.1, 0.15) is 0 Å². The largest absolute Gasteiger partial charge is 0.352 e. The van der Waals surface area contributed by atoms with Crippen molar-refractivity contribution in [2.75, 3.05) is 20.1 Å². The second-order valence-electron chi connectivity index (χ2n) is 4.99. The van der Waals surface area contributed by atoms with Crippen LogP contribution in [0.2, 0.25) is 0 Å². The average molecular weight is 243 g/mol. The Hall–Kier alpha value is -0.610. The summed E-state index contributed by atoms with van der Waals surface area (Å²) in [6.45, 7) is 9.36. The Labute approximate surface area is 106 Å². The summed E-state index contributed by atoms with van der Waals surface area (Å²) >= 11 is 0. The minimum absolute atomic E-state index is 0.0920. The molecule has 0 heterocycles. The van der Waals surface area contributed by atoms with E-state index in [4.69, 9.17) is 5.73 Å². The molecule has 0 spiro atoms. The zero-order valence-electron chi connectivity index (χ0n) is 12.0. The van der Waals surface area contributed by atoms with Gasteiger partial charge in [-0.05, 0) is 33.2 Å². The predicted molar refractivity (Wildman–Crippen MR) is 72.9 cm³/mol. The summed E-state index contributed by atoms with van der Waals surface area (Å²) in [5, 5.41) is 3.05. The first-order valence-electron chi connectivity index (χ1n) is 6.64. The number of nitrogens with one attached hydrogen (secondary N) is 1. The number of hydrogen-bond donors (Lipinski definition) is 2. The van der Waals surface area contributed by atoms with Gasteiger partial charge < -0.3 is 11.1 Å². The SMILES string of the molecule is CCC(CC)NC(=O)CN(C)C(C)(CC)CN. The van der Waals surface area contributed by atoms with Crippen LogP contribution in [0.4, 0.5) is 0 Å². The maximum absolute atomic E-state index is 11.9. The van der Waals surface area contributed by atoms with Crippen LogP contribution in [0.1, 0.15) is 47.0 Å². The van der Waals surface area contributed by atoms with Gasteiger partial charge in [0.2, 0.25) is 5.91 Å². The lowest BCUT2D eigenvalue weighted by atomic mass is 9.97. The summed E-state index contributed by atoms with van der Waals surface area (Å²) in [4.78, 5) is 13.9. The predicted octanol–water partition coefficient (Wildman–Crippen LogP) is 1.35. The lowest BCUT2D eigenvalue weighted by molar-refractivity contribution is -0.124. The Morgan fingerprint density at radius 3 is 2.24 bits per heavy atom. The highest BCUT2D eigenvalue weighted by molar-refractivity contribution is 5.78. The van der Waals surface area contributed by atoms with Gasteiger partial charge in [-0.2, -0.15) is 0 Å². The molecule has 0 aliphatic heterocycles. The molecule has 0 fully saturated rings. The lowest BCUT2D eigenvalue weighted by Crippen LogP contribution is -2.53. The number of amides is 1. The summed E-state index contributed by atoms with van der Waals surface area (Å²) in [6, 6.07) is 0.293. The van der Waals surface area contributed by atoms with Crippen molar-refractivity contribution in [3.8, 4) is 0 Å². The quantitative estimate of drug-likeness (QED) is 0.676. The molecule has 102 valence electrons. The lowest BCUT2D eigenvalue weighted by Gasteiger charge is -2.37. The summed E-state index contributed by atoms with van der Waals surface area (Å²) in [6.07, 6.45) is 2.90. The van der Waals surface area contributed by atoms with E-state index >= 15 is 0 Å². The molecular formula is C13H29N3O. The molecule has 0 aliphatic carbocycles. The van der Waals surface area contributed by atoms with E-state index in [1.54, 1.807) is 0 Å². The molecule has 1 amide bonds. The minimum atomic E-state index is -0.0920. The van der Waals surface area contributed by atoms with E-state index in [2.05, 4.69) is 33.0 Å². The maximum Gasteiger partial charge on any atom is 0.234 e. The van der Waals surface area contributed by atoms with Crippen LogP contribution < -0.4 is 11.1 Å². The van der Waals surface area contributed by atoms with Gasteiger partial charge in [-0.25, -0.2) is 0 Å². The van der Waals surface area contributed by atoms with E-state index in [-0.39, 0.29) is 11.4 Å². The van der Waals surface area contributed by atoms with Crippen LogP contribution in [0.25, 0.3) is 0 Å². The molecule has 1 atom stereocenters. The number of rotatable bonds is 8. The van der Waals surface area contributed by atoms with E-state index in [9.17, 15) is 4.79 Å². The highest BCUT2D eigenvalue weighted by atomic mass is 16.2. The fraction of sp³-hybridized carbons (Fsp3) is 0.923. The minimum Gasteiger partial charge on any atom is -0.352 e. The van der Waals surface area contributed by atoms with Gasteiger partial charge in [0.15, 0.2) is 0 Å². The van der Waals surface area contributed by atoms with Crippen LogP contribution in [0.15, 0.2) is 0 Å². The third-order valence-corrected chi connectivity index (χ3v) is 3.85. The van der Waals surface area contributed by atoms with Crippen molar-refractivity contribution in [1.29, 1.82) is 0 Å². The summed E-state index contributed by atoms with van der Waals surface area (Å²) in [5.74, 6) is 0.0920. The Morgan fingerprint density at radius 2 is 1.88 bits per heavy atom. The van der Waals surface area contributed by atoms with E-state index in [0.717, 1.165) is 19.3 Å². The number of hydrogen-bond acceptors (Lipinski definition) is 3. The summed E-state index contributed by atoms with van der Waals surface area (Å²) in [5.41, 5.74) is 5.68. The van der Waals surface area contributed by atoms with Crippen molar-refractivity contribution in [2.45, 2.75) is 58.5 Å². The number of nitrogens with zero attached hydrogens (tertiary/aromatic N) is 1. The topological polar surface area (TPSA) is 58.4 Å². The van der Waals surface area contributed by atoms with E-state index in [1.807, 2.05) is 11.9 Å². The van der Waals surface area contributed by atoms with Gasteiger partial charge in [0.25, 0.3) is 0 Å². The zero-order valence-corrected chi connectivity index (χ0v) is 12.0. The standard InChI is InChI=1S/C13H29N3O/c1-6-11(7-2)15-12(17)9-16(5)13(4,8-3)10-14/h11H,6-10,14H2,1-5H3,(H,15,17). The van der Waals surface area contributed by atoms with Crippen LogP contribution in [0, 0.1) is 0 Å². The molecule has 4 heteroatoms. The molecular weight excluding hydrogens is 214 g/mol. The molecule has 4 nitrogen and oxygen atoms in total. The summed E-state index contributed by atoms with van der Waals surface area (Å²) < 4.78 is 0. The Balaban J connectivity index is 4.28. The highest BCUT2D eigenvalue weighted by Crippen LogP contribution is 2.15. The van der Waals surface area contributed by atoms with Crippen LogP contribution >= 0.6 is 0 Å². The van der Waals surface area contributed by atoms with Gasteiger partial charge in [0.05, 0.1) is 6.54 Å². The van der Waals surface area contributed by atoms with E-state index < -0.39 is 0 Å². The molecule has 1 unspecified atom stereocenters. The molecule has 17 heavy (non-hydrogen) atoms. The average Bonchev–Trinajstić information content (AvgIpc) is 2.34. The van der Waals surface area contributed by atoms with Crippen molar-refractivity contribution in [1.82, 2.24) is 10.2 Å². The van der Waals surface area contributed by atoms with Gasteiger partial charge >= 0.3 is 0 Å². The van der Waals surface area contributed by atoms with Crippen LogP contribution in [0.3, 0.4) is 0 Å². The molecule has 0 saturated heterocycles. The second kappa shape index (κ2) is 7.67. The van der Waals surface area contributed by atoms with Crippen molar-refractivity contribution >= 4 is 5.91 Å². The molecule has 0 aromatic rings. The molecule has 0 bridgehead atoms. The number of carbonyl (C=O) groups excluding carboxylic acids is 1. The van der Waals surface area contributed by atoms with Crippen molar-refractivity contribution < 1.29 is 4.79 Å². The Bertz CT molecular complexity index is 223. The third kappa shape index (κ3) is 5.04. The Morgan fingerprint density at radius 1 is 1.35 bits per heavy atom. The maximum atomic E-state index is 11.9. The third-order valence-electron chi connectivity index (χ3n) is 3.85. The van der Waals surface area contributed by atoms with Crippen LogP contribution in [0.5, 0.6) is 0 Å². The first-order valence-corrected chi connectivity index (χ1v) is 6.64. The first-order chi connectivity index (χ1) is 7.93. The van der Waals surface area contributed by atoms with Crippen molar-refractivity contribution in [2.24, 2.45) is 5.73 Å². The van der Waals surface area contributed by atoms with E-state index in [1.165, 1.54) is 0 Å². The molecule has 0 saturated carbocycles. The van der Waals surface area contributed by atoms with Crippen LogP contribution in [-0.4, -0.2) is 42.5 Å². The molecule has 0 aromatic heterocycles. The fourth-order valence-corrected chi connectivity index (χ4v) is 1.74. The van der Waals surface area contributed by atoms with Crippen LogP contribution in [-0.2, 0) is 4.79 Å². The fourth-order valence-electron chi connectivity index (χ4n) is 1.74. The summed E-state index contributed by atoms with van der Waals surface area (Å²) in [7, 11) is 1.96. The normalized spacial score (nSPS) is 15.1. The van der Waals surface area contributed by atoms with E-state index in [0.29, 0.717) is 19.1 Å². The monoisotopic (exact) mass is 243 g/mol. The number of likely N-dealkylation sites (N-methyl/N-ethyl adjacent to an activating group) is 1. The van der Waals surface area contributed by atoms with Gasteiger partial charge in [-0.3, -0.25) is 9.69 Å². The smallest absolute Gasteiger partial charge is 0.234 e. The molecule has 0 rings (SSSR count). The van der Waals surface area contributed by atoms with Gasteiger partial charge in [0, 0.05) is 18.1 Å². The molecule has 0 aromatic carbocycles. The molecule has 0 radical (unpaired) electrons.